The molecule has 1 heterocycles. The SMILES string of the molecule is CCn1nccc1C(C)(C=O)N(C)C(=O)OC(C)(C)C. The molecule has 0 bridgehead atoms. The highest BCUT2D eigenvalue weighted by atomic mass is 16.6. The number of hydrogen-bond donors (Lipinski definition) is 0. The van der Waals surface area contributed by atoms with Gasteiger partial charge in [0.2, 0.25) is 0 Å². The molecule has 1 aromatic heterocycles. The molecule has 6 heteroatoms. The first-order valence-electron chi connectivity index (χ1n) is 6.61. The van der Waals surface area contributed by atoms with E-state index in [1.54, 1.807) is 51.7 Å². The van der Waals surface area contributed by atoms with E-state index in [1.807, 2.05) is 6.92 Å². The Morgan fingerprint density at radius 3 is 2.50 bits per heavy atom. The summed E-state index contributed by atoms with van der Waals surface area (Å²) in [6.07, 6.45) is 1.81. The number of carbonyl (C=O) groups is 2. The molecule has 0 saturated heterocycles. The van der Waals surface area contributed by atoms with Crippen molar-refractivity contribution in [2.24, 2.45) is 0 Å². The molecule has 0 fully saturated rings. The molecule has 1 rings (SSSR count). The molecule has 0 aliphatic heterocycles. The van der Waals surface area contributed by atoms with Gasteiger partial charge in [-0.25, -0.2) is 4.79 Å². The predicted molar refractivity (Wildman–Crippen MR) is 75.3 cm³/mol. The van der Waals surface area contributed by atoms with E-state index >= 15 is 0 Å². The van der Waals surface area contributed by atoms with Crippen LogP contribution in [0, 0.1) is 0 Å². The first-order chi connectivity index (χ1) is 9.15. The first-order valence-corrected chi connectivity index (χ1v) is 6.61. The summed E-state index contributed by atoms with van der Waals surface area (Å²) in [6.45, 7) is 9.57. The average molecular weight is 281 g/mol. The van der Waals surface area contributed by atoms with Gasteiger partial charge in [0.1, 0.15) is 11.1 Å². The molecular weight excluding hydrogens is 258 g/mol. The summed E-state index contributed by atoms with van der Waals surface area (Å²) < 4.78 is 7.01. The smallest absolute Gasteiger partial charge is 0.411 e. The van der Waals surface area contributed by atoms with Gasteiger partial charge in [-0.2, -0.15) is 5.10 Å². The minimum absolute atomic E-state index is 0.545. The van der Waals surface area contributed by atoms with Crippen LogP contribution in [0.3, 0.4) is 0 Å². The standard InChI is InChI=1S/C14H23N3O3/c1-7-17-11(8-9-15-17)14(5,10-18)16(6)12(19)20-13(2,3)4/h8-10H,7H2,1-6H3. The molecule has 6 nitrogen and oxygen atoms in total. The second-order valence-electron chi connectivity index (χ2n) is 5.84. The van der Waals surface area contributed by atoms with E-state index < -0.39 is 17.2 Å². The minimum Gasteiger partial charge on any atom is -0.444 e. The number of likely N-dealkylation sites (N-methyl/N-ethyl adjacent to an activating group) is 1. The van der Waals surface area contributed by atoms with Crippen molar-refractivity contribution in [2.45, 2.75) is 52.3 Å². The highest BCUT2D eigenvalue weighted by molar-refractivity contribution is 5.77. The Balaban J connectivity index is 3.11. The number of ether oxygens (including phenoxy) is 1. The quantitative estimate of drug-likeness (QED) is 0.793. The Morgan fingerprint density at radius 1 is 1.45 bits per heavy atom. The summed E-state index contributed by atoms with van der Waals surface area (Å²) in [5.41, 5.74) is -1.07. The number of aldehydes is 1. The Kier molecular flexibility index (Phi) is 4.57. The van der Waals surface area contributed by atoms with Crippen molar-refractivity contribution in [3.8, 4) is 0 Å². The number of aryl methyl sites for hydroxylation is 1. The molecule has 112 valence electrons. The fourth-order valence-electron chi connectivity index (χ4n) is 1.85. The third-order valence-corrected chi connectivity index (χ3v) is 3.13. The molecule has 0 spiro atoms. The average Bonchev–Trinajstić information content (AvgIpc) is 2.83. The third kappa shape index (κ3) is 3.18. The Bertz CT molecular complexity index is 490. The molecule has 0 saturated carbocycles. The molecule has 0 aromatic carbocycles. The van der Waals surface area contributed by atoms with Gasteiger partial charge in [0, 0.05) is 19.8 Å². The van der Waals surface area contributed by atoms with Crippen LogP contribution in [0.2, 0.25) is 0 Å². The molecule has 1 unspecified atom stereocenters. The molecule has 20 heavy (non-hydrogen) atoms. The van der Waals surface area contributed by atoms with Crippen LogP contribution in [0.5, 0.6) is 0 Å². The van der Waals surface area contributed by atoms with E-state index in [1.165, 1.54) is 4.90 Å². The van der Waals surface area contributed by atoms with Gasteiger partial charge < -0.3 is 9.53 Å². The van der Waals surface area contributed by atoms with E-state index in [-0.39, 0.29) is 0 Å². The van der Waals surface area contributed by atoms with Crippen molar-refractivity contribution in [2.75, 3.05) is 7.05 Å². The van der Waals surface area contributed by atoms with Crippen LogP contribution in [0.1, 0.15) is 40.3 Å². The summed E-state index contributed by atoms with van der Waals surface area (Å²) in [6, 6.07) is 1.73. The number of nitrogens with zero attached hydrogens (tertiary/aromatic N) is 3. The lowest BCUT2D eigenvalue weighted by atomic mass is 9.98. The van der Waals surface area contributed by atoms with Crippen LogP contribution >= 0.6 is 0 Å². The maximum Gasteiger partial charge on any atom is 0.411 e. The number of hydrogen-bond acceptors (Lipinski definition) is 4. The lowest BCUT2D eigenvalue weighted by Crippen LogP contribution is -2.49. The Labute approximate surface area is 119 Å². The molecule has 0 N–H and O–H groups in total. The second kappa shape index (κ2) is 5.64. The van der Waals surface area contributed by atoms with Crippen molar-refractivity contribution < 1.29 is 14.3 Å². The highest BCUT2D eigenvalue weighted by Crippen LogP contribution is 2.26. The van der Waals surface area contributed by atoms with Gasteiger partial charge >= 0.3 is 6.09 Å². The molecule has 0 aliphatic carbocycles. The van der Waals surface area contributed by atoms with E-state index in [2.05, 4.69) is 5.10 Å². The fourth-order valence-corrected chi connectivity index (χ4v) is 1.85. The summed E-state index contributed by atoms with van der Waals surface area (Å²) in [7, 11) is 1.55. The zero-order valence-electron chi connectivity index (χ0n) is 13.0. The molecule has 0 radical (unpaired) electrons. The Hall–Kier alpha value is -1.85. The van der Waals surface area contributed by atoms with Crippen molar-refractivity contribution in [1.29, 1.82) is 0 Å². The molecule has 1 aromatic rings. The monoisotopic (exact) mass is 281 g/mol. The summed E-state index contributed by atoms with van der Waals surface area (Å²) in [4.78, 5) is 25.1. The van der Waals surface area contributed by atoms with Crippen molar-refractivity contribution in [3.05, 3.63) is 18.0 Å². The zero-order valence-corrected chi connectivity index (χ0v) is 13.0. The highest BCUT2D eigenvalue weighted by Gasteiger charge is 2.39. The van der Waals surface area contributed by atoms with Crippen molar-refractivity contribution >= 4 is 12.4 Å². The van der Waals surface area contributed by atoms with Gasteiger partial charge in [0.25, 0.3) is 0 Å². The normalized spacial score (nSPS) is 14.5. The van der Waals surface area contributed by atoms with Gasteiger partial charge in [-0.15, -0.1) is 0 Å². The Morgan fingerprint density at radius 2 is 2.05 bits per heavy atom. The van der Waals surface area contributed by atoms with E-state index in [9.17, 15) is 9.59 Å². The lowest BCUT2D eigenvalue weighted by Gasteiger charge is -2.35. The molecule has 1 atom stereocenters. The van der Waals surface area contributed by atoms with E-state index in [4.69, 9.17) is 4.74 Å². The number of aromatic nitrogens is 2. The predicted octanol–water partition coefficient (Wildman–Crippen LogP) is 2.18. The van der Waals surface area contributed by atoms with E-state index in [0.29, 0.717) is 12.2 Å². The largest absolute Gasteiger partial charge is 0.444 e. The second-order valence-corrected chi connectivity index (χ2v) is 5.84. The topological polar surface area (TPSA) is 64.4 Å². The van der Waals surface area contributed by atoms with Crippen LogP contribution in [0.25, 0.3) is 0 Å². The minimum atomic E-state index is -1.12. The van der Waals surface area contributed by atoms with Gasteiger partial charge in [-0.05, 0) is 40.7 Å². The van der Waals surface area contributed by atoms with Crippen LogP contribution in [-0.4, -0.2) is 39.7 Å². The number of carbonyl (C=O) groups excluding carboxylic acids is 2. The molecule has 1 amide bonds. The lowest BCUT2D eigenvalue weighted by molar-refractivity contribution is -0.118. The summed E-state index contributed by atoms with van der Waals surface area (Å²) in [5.74, 6) is 0. The van der Waals surface area contributed by atoms with Gasteiger partial charge in [-0.1, -0.05) is 0 Å². The number of rotatable bonds is 4. The van der Waals surface area contributed by atoms with E-state index in [0.717, 1.165) is 6.29 Å². The first kappa shape index (κ1) is 16.2. The third-order valence-electron chi connectivity index (χ3n) is 3.13. The van der Waals surface area contributed by atoms with Crippen molar-refractivity contribution in [1.82, 2.24) is 14.7 Å². The van der Waals surface area contributed by atoms with Gasteiger partial charge in [-0.3, -0.25) is 9.58 Å². The van der Waals surface area contributed by atoms with Crippen LogP contribution in [-0.2, 0) is 21.6 Å². The maximum atomic E-state index is 12.2. The van der Waals surface area contributed by atoms with Crippen LogP contribution < -0.4 is 0 Å². The number of amides is 1. The van der Waals surface area contributed by atoms with Crippen LogP contribution in [0.4, 0.5) is 4.79 Å². The fraction of sp³-hybridized carbons (Fsp3) is 0.643. The summed E-state index contributed by atoms with van der Waals surface area (Å²) in [5, 5.41) is 4.14. The zero-order chi connectivity index (χ0) is 15.6. The molecular formula is C14H23N3O3. The van der Waals surface area contributed by atoms with Gasteiger partial charge in [0.05, 0.1) is 5.69 Å². The maximum absolute atomic E-state index is 12.2. The van der Waals surface area contributed by atoms with Crippen molar-refractivity contribution in [3.63, 3.8) is 0 Å². The summed E-state index contributed by atoms with van der Waals surface area (Å²) >= 11 is 0. The van der Waals surface area contributed by atoms with Crippen LogP contribution in [0.15, 0.2) is 12.3 Å². The van der Waals surface area contributed by atoms with Gasteiger partial charge in [0.15, 0.2) is 6.29 Å². The molecule has 0 aliphatic rings.